The number of methoxy groups -OCH3 is 2. The SMILES string of the molecule is COc1ccc(-c2[nH]nc(N)c2C=O)cc1OC. The van der Waals surface area contributed by atoms with E-state index in [-0.39, 0.29) is 5.82 Å². The van der Waals surface area contributed by atoms with Crippen LogP contribution in [0.5, 0.6) is 11.5 Å². The van der Waals surface area contributed by atoms with Crippen molar-refractivity contribution < 1.29 is 14.3 Å². The summed E-state index contributed by atoms with van der Waals surface area (Å²) in [6.07, 6.45) is 0.672. The van der Waals surface area contributed by atoms with E-state index >= 15 is 0 Å². The van der Waals surface area contributed by atoms with Gasteiger partial charge in [-0.15, -0.1) is 0 Å². The van der Waals surface area contributed by atoms with Crippen molar-refractivity contribution in [2.45, 2.75) is 0 Å². The minimum Gasteiger partial charge on any atom is -0.493 e. The quantitative estimate of drug-likeness (QED) is 0.799. The molecule has 6 heteroatoms. The van der Waals surface area contributed by atoms with Gasteiger partial charge in [0.25, 0.3) is 0 Å². The molecule has 0 aliphatic rings. The number of nitrogens with two attached hydrogens (primary N) is 1. The van der Waals surface area contributed by atoms with Crippen LogP contribution in [0.1, 0.15) is 10.4 Å². The van der Waals surface area contributed by atoms with Gasteiger partial charge in [0.2, 0.25) is 0 Å². The second-order valence-corrected chi connectivity index (χ2v) is 3.59. The highest BCUT2D eigenvalue weighted by atomic mass is 16.5. The maximum atomic E-state index is 11.0. The number of nitrogens with one attached hydrogen (secondary N) is 1. The molecule has 2 aromatic rings. The van der Waals surface area contributed by atoms with E-state index < -0.39 is 0 Å². The average Bonchev–Trinajstić information content (AvgIpc) is 2.78. The number of aldehydes is 1. The molecule has 0 fully saturated rings. The van der Waals surface area contributed by atoms with E-state index in [1.807, 2.05) is 0 Å². The van der Waals surface area contributed by atoms with Gasteiger partial charge in [0.05, 0.1) is 25.5 Å². The predicted octanol–water partition coefficient (Wildman–Crippen LogP) is 1.49. The van der Waals surface area contributed by atoms with Crippen molar-refractivity contribution in [3.05, 3.63) is 23.8 Å². The van der Waals surface area contributed by atoms with Crippen LogP contribution in [0.2, 0.25) is 0 Å². The van der Waals surface area contributed by atoms with Crippen molar-refractivity contribution in [3.8, 4) is 22.8 Å². The number of carbonyl (C=O) groups is 1. The zero-order chi connectivity index (χ0) is 13.1. The fourth-order valence-corrected chi connectivity index (χ4v) is 1.70. The van der Waals surface area contributed by atoms with Crippen LogP contribution < -0.4 is 15.2 Å². The minimum atomic E-state index is 0.176. The third-order valence-corrected chi connectivity index (χ3v) is 2.62. The Hall–Kier alpha value is -2.50. The zero-order valence-corrected chi connectivity index (χ0v) is 10.1. The summed E-state index contributed by atoms with van der Waals surface area (Å²) in [5.41, 5.74) is 7.23. The molecule has 6 nitrogen and oxygen atoms in total. The Bertz CT molecular complexity index is 578. The number of rotatable bonds is 4. The van der Waals surface area contributed by atoms with Crippen molar-refractivity contribution in [2.24, 2.45) is 0 Å². The number of aromatic nitrogens is 2. The molecule has 0 spiro atoms. The summed E-state index contributed by atoms with van der Waals surface area (Å²) >= 11 is 0. The van der Waals surface area contributed by atoms with Gasteiger partial charge in [-0.1, -0.05) is 0 Å². The lowest BCUT2D eigenvalue weighted by Gasteiger charge is -2.08. The molecule has 3 N–H and O–H groups in total. The van der Waals surface area contributed by atoms with Gasteiger partial charge >= 0.3 is 0 Å². The summed E-state index contributed by atoms with van der Waals surface area (Å²) in [7, 11) is 3.10. The van der Waals surface area contributed by atoms with Crippen molar-refractivity contribution >= 4 is 12.1 Å². The molecule has 0 radical (unpaired) electrons. The molecule has 0 atom stereocenters. The topological polar surface area (TPSA) is 90.2 Å². The molecule has 94 valence electrons. The van der Waals surface area contributed by atoms with Gasteiger partial charge in [-0.05, 0) is 18.2 Å². The van der Waals surface area contributed by atoms with Gasteiger partial charge in [-0.2, -0.15) is 5.10 Å². The van der Waals surface area contributed by atoms with E-state index in [0.717, 1.165) is 5.56 Å². The van der Waals surface area contributed by atoms with E-state index in [1.54, 1.807) is 32.4 Å². The van der Waals surface area contributed by atoms with Crippen LogP contribution >= 0.6 is 0 Å². The van der Waals surface area contributed by atoms with Gasteiger partial charge < -0.3 is 15.2 Å². The Kier molecular flexibility index (Phi) is 3.18. The van der Waals surface area contributed by atoms with Gasteiger partial charge in [-0.25, -0.2) is 0 Å². The van der Waals surface area contributed by atoms with Crippen LogP contribution in [-0.4, -0.2) is 30.7 Å². The Morgan fingerprint density at radius 2 is 2.00 bits per heavy atom. The lowest BCUT2D eigenvalue weighted by Crippen LogP contribution is -1.93. The van der Waals surface area contributed by atoms with Gasteiger partial charge in [-0.3, -0.25) is 9.89 Å². The fraction of sp³-hybridized carbons (Fsp3) is 0.167. The predicted molar refractivity (Wildman–Crippen MR) is 66.9 cm³/mol. The molecule has 0 aliphatic heterocycles. The minimum absolute atomic E-state index is 0.176. The maximum Gasteiger partial charge on any atom is 0.161 e. The Balaban J connectivity index is 2.54. The van der Waals surface area contributed by atoms with E-state index in [4.69, 9.17) is 15.2 Å². The first-order valence-corrected chi connectivity index (χ1v) is 5.22. The highest BCUT2D eigenvalue weighted by Gasteiger charge is 2.14. The molecule has 0 amide bonds. The van der Waals surface area contributed by atoms with E-state index in [1.165, 1.54) is 0 Å². The van der Waals surface area contributed by atoms with E-state index in [2.05, 4.69) is 10.2 Å². The van der Waals surface area contributed by atoms with Crippen molar-refractivity contribution in [2.75, 3.05) is 20.0 Å². The fourth-order valence-electron chi connectivity index (χ4n) is 1.70. The Morgan fingerprint density at radius 1 is 1.28 bits per heavy atom. The number of aromatic amines is 1. The van der Waals surface area contributed by atoms with Crippen LogP contribution in [0.25, 0.3) is 11.3 Å². The van der Waals surface area contributed by atoms with E-state index in [9.17, 15) is 4.79 Å². The average molecular weight is 247 g/mol. The summed E-state index contributed by atoms with van der Waals surface area (Å²) in [5, 5.41) is 6.54. The lowest BCUT2D eigenvalue weighted by atomic mass is 10.1. The van der Waals surface area contributed by atoms with Gasteiger partial charge in [0.1, 0.15) is 0 Å². The molecule has 0 saturated heterocycles. The van der Waals surface area contributed by atoms with Crippen LogP contribution in [-0.2, 0) is 0 Å². The van der Waals surface area contributed by atoms with Crippen molar-refractivity contribution in [1.82, 2.24) is 10.2 Å². The molecule has 0 bridgehead atoms. The number of hydrogen-bond acceptors (Lipinski definition) is 5. The lowest BCUT2D eigenvalue weighted by molar-refractivity contribution is 0.112. The third kappa shape index (κ3) is 1.88. The summed E-state index contributed by atoms with van der Waals surface area (Å²) in [4.78, 5) is 11.0. The number of benzene rings is 1. The third-order valence-electron chi connectivity index (χ3n) is 2.62. The summed E-state index contributed by atoms with van der Waals surface area (Å²) < 4.78 is 10.3. The molecule has 0 aliphatic carbocycles. The maximum absolute atomic E-state index is 11.0. The summed E-state index contributed by atoms with van der Waals surface area (Å²) in [5.74, 6) is 1.36. The summed E-state index contributed by atoms with van der Waals surface area (Å²) in [6.45, 7) is 0. The molecule has 0 unspecified atom stereocenters. The van der Waals surface area contributed by atoms with Crippen LogP contribution in [0.3, 0.4) is 0 Å². The molecule has 1 aromatic carbocycles. The number of anilines is 1. The van der Waals surface area contributed by atoms with Crippen LogP contribution in [0, 0.1) is 0 Å². The largest absolute Gasteiger partial charge is 0.493 e. The molecule has 1 heterocycles. The number of H-pyrrole nitrogens is 1. The first-order valence-electron chi connectivity index (χ1n) is 5.22. The second-order valence-electron chi connectivity index (χ2n) is 3.59. The first kappa shape index (κ1) is 12.0. The Labute approximate surface area is 104 Å². The van der Waals surface area contributed by atoms with Gasteiger partial charge in [0.15, 0.2) is 23.6 Å². The highest BCUT2D eigenvalue weighted by Crippen LogP contribution is 2.33. The molecule has 2 rings (SSSR count). The highest BCUT2D eigenvalue weighted by molar-refractivity contribution is 5.91. The molecular formula is C12H13N3O3. The standard InChI is InChI=1S/C12H13N3O3/c1-17-9-4-3-7(5-10(9)18-2)11-8(6-16)12(13)15-14-11/h3-6H,1-2H3,(H3,13,14,15). The molecular weight excluding hydrogens is 234 g/mol. The van der Waals surface area contributed by atoms with Crippen LogP contribution in [0.15, 0.2) is 18.2 Å². The smallest absolute Gasteiger partial charge is 0.161 e. The molecule has 18 heavy (non-hydrogen) atoms. The van der Waals surface area contributed by atoms with Crippen LogP contribution in [0.4, 0.5) is 5.82 Å². The molecule has 0 saturated carbocycles. The monoisotopic (exact) mass is 247 g/mol. The van der Waals surface area contributed by atoms with Gasteiger partial charge in [0, 0.05) is 5.56 Å². The van der Waals surface area contributed by atoms with Crippen molar-refractivity contribution in [1.29, 1.82) is 0 Å². The zero-order valence-electron chi connectivity index (χ0n) is 10.1. The molecule has 1 aromatic heterocycles. The number of nitrogen functional groups attached to an aromatic ring is 1. The number of nitrogens with zero attached hydrogens (tertiary/aromatic N) is 1. The second kappa shape index (κ2) is 4.79. The number of carbonyl (C=O) groups excluding carboxylic acids is 1. The summed E-state index contributed by atoms with van der Waals surface area (Å²) in [6, 6.07) is 5.29. The number of ether oxygens (including phenoxy) is 2. The van der Waals surface area contributed by atoms with Crippen molar-refractivity contribution in [3.63, 3.8) is 0 Å². The first-order chi connectivity index (χ1) is 8.71. The Morgan fingerprint density at radius 3 is 2.61 bits per heavy atom. The van der Waals surface area contributed by atoms with E-state index in [0.29, 0.717) is 29.0 Å². The number of hydrogen-bond donors (Lipinski definition) is 2. The normalized spacial score (nSPS) is 10.1.